The number of ether oxygens (including phenoxy) is 2. The average molecular weight is 357 g/mol. The van der Waals surface area contributed by atoms with E-state index < -0.39 is 32.3 Å². The van der Waals surface area contributed by atoms with Crippen LogP contribution in [0.3, 0.4) is 0 Å². The third-order valence-corrected chi connectivity index (χ3v) is 6.14. The Labute approximate surface area is 141 Å². The van der Waals surface area contributed by atoms with Gasteiger partial charge in [-0.3, -0.25) is 0 Å². The molecule has 0 bridgehead atoms. The van der Waals surface area contributed by atoms with Gasteiger partial charge in [0.2, 0.25) is 0 Å². The molecular formula is C15H21N2O6S+. The number of nitrogens with zero attached hydrogens (tertiary/aromatic N) is 1. The number of carbonyl (C=O) groups excluding carboxylic acids is 2. The highest BCUT2D eigenvalue weighted by molar-refractivity contribution is 7.84. The molecule has 1 aliphatic rings. The van der Waals surface area contributed by atoms with Gasteiger partial charge in [0.25, 0.3) is 0 Å². The van der Waals surface area contributed by atoms with E-state index in [1.165, 1.54) is 0 Å². The summed E-state index contributed by atoms with van der Waals surface area (Å²) in [6.07, 6.45) is -0.964. The highest BCUT2D eigenvalue weighted by atomic mass is 32.2. The number of hydrogen-bond acceptors (Lipinski definition) is 6. The Morgan fingerprint density at radius 1 is 1.29 bits per heavy atom. The molecule has 2 amide bonds. The summed E-state index contributed by atoms with van der Waals surface area (Å²) < 4.78 is 35.8. The second kappa shape index (κ2) is 7.18. The van der Waals surface area contributed by atoms with Gasteiger partial charge in [-0.1, -0.05) is 34.2 Å². The number of hydrogen-bond donors (Lipinski definition) is 1. The van der Waals surface area contributed by atoms with Crippen LogP contribution in [0.5, 0.6) is 0 Å². The van der Waals surface area contributed by atoms with Crippen LogP contribution >= 0.6 is 0 Å². The summed E-state index contributed by atoms with van der Waals surface area (Å²) in [5.74, 6) is 0. The van der Waals surface area contributed by atoms with Crippen LogP contribution in [-0.4, -0.2) is 44.2 Å². The molecule has 24 heavy (non-hydrogen) atoms. The van der Waals surface area contributed by atoms with Crippen LogP contribution in [0.4, 0.5) is 9.59 Å². The summed E-state index contributed by atoms with van der Waals surface area (Å²) >= 11 is 0. The number of amides is 2. The number of likely N-dealkylation sites (tertiary alicyclic amines) is 1. The molecule has 132 valence electrons. The molecule has 0 saturated carbocycles. The van der Waals surface area contributed by atoms with Crippen molar-refractivity contribution in [2.45, 2.75) is 32.4 Å². The quantitative estimate of drug-likeness (QED) is 0.827. The summed E-state index contributed by atoms with van der Waals surface area (Å²) in [6, 6.07) is 8.33. The summed E-state index contributed by atoms with van der Waals surface area (Å²) in [4.78, 5) is 24.0. The van der Waals surface area contributed by atoms with Gasteiger partial charge < -0.3 is 9.47 Å². The van der Waals surface area contributed by atoms with Crippen molar-refractivity contribution in [1.29, 1.82) is 0 Å². The average Bonchev–Trinajstić information content (AvgIpc) is 2.96. The number of rotatable bonds is 4. The zero-order chi connectivity index (χ0) is 17.8. The lowest BCUT2D eigenvalue weighted by Gasteiger charge is -2.31. The fourth-order valence-electron chi connectivity index (χ4n) is 2.87. The maximum absolute atomic E-state index is 12.6. The van der Waals surface area contributed by atoms with Gasteiger partial charge >= 0.3 is 22.4 Å². The molecule has 1 aliphatic heterocycles. The molecule has 1 unspecified atom stereocenters. The number of benzene rings is 1. The van der Waals surface area contributed by atoms with Crippen molar-refractivity contribution in [3.63, 3.8) is 0 Å². The van der Waals surface area contributed by atoms with Gasteiger partial charge in [-0.25, -0.2) is 4.79 Å². The molecule has 0 spiro atoms. The first-order chi connectivity index (χ1) is 11.3. The minimum atomic E-state index is -4.35. The number of methoxy groups -OCH3 is 1. The van der Waals surface area contributed by atoms with Gasteiger partial charge in [-0.05, 0) is 12.5 Å². The van der Waals surface area contributed by atoms with E-state index in [-0.39, 0.29) is 13.2 Å². The molecule has 1 heterocycles. The van der Waals surface area contributed by atoms with E-state index in [4.69, 9.17) is 4.74 Å². The fourth-order valence-corrected chi connectivity index (χ4v) is 4.52. The summed E-state index contributed by atoms with van der Waals surface area (Å²) in [5, 5.41) is 0. The van der Waals surface area contributed by atoms with Gasteiger partial charge in [-0.15, -0.1) is 0 Å². The van der Waals surface area contributed by atoms with Crippen LogP contribution in [0.2, 0.25) is 0 Å². The van der Waals surface area contributed by atoms with E-state index in [1.807, 2.05) is 10.8 Å². The number of quaternary nitrogens is 1. The molecule has 1 aromatic carbocycles. The lowest BCUT2D eigenvalue weighted by molar-refractivity contribution is -0.742. The predicted molar refractivity (Wildman–Crippen MR) is 84.9 cm³/mol. The molecule has 0 aromatic heterocycles. The topological polar surface area (TPSA) is 98.8 Å². The van der Waals surface area contributed by atoms with E-state index in [2.05, 4.69) is 4.74 Å². The second-order valence-corrected chi connectivity index (χ2v) is 7.43. The minimum Gasteiger partial charge on any atom is -0.444 e. The van der Waals surface area contributed by atoms with Crippen molar-refractivity contribution in [2.75, 3.05) is 13.7 Å². The fraction of sp³-hybridized carbons (Fsp3) is 0.467. The van der Waals surface area contributed by atoms with Crippen molar-refractivity contribution in [2.24, 2.45) is 0 Å². The van der Waals surface area contributed by atoms with E-state index >= 15 is 0 Å². The summed E-state index contributed by atoms with van der Waals surface area (Å²) in [5.41, 5.74) is 0.719. The lowest BCUT2D eigenvalue weighted by atomic mass is 10.2. The van der Waals surface area contributed by atoms with Gasteiger partial charge in [0.1, 0.15) is 19.2 Å². The smallest absolute Gasteiger partial charge is 0.444 e. The molecule has 2 atom stereocenters. The van der Waals surface area contributed by atoms with Crippen LogP contribution in [0.25, 0.3) is 0 Å². The number of carbonyl (C=O) groups is 2. The molecule has 1 saturated heterocycles. The Morgan fingerprint density at radius 3 is 2.50 bits per heavy atom. The Kier molecular flexibility index (Phi) is 5.45. The molecule has 0 aliphatic carbocycles. The Morgan fingerprint density at radius 2 is 1.96 bits per heavy atom. The summed E-state index contributed by atoms with van der Waals surface area (Å²) in [7, 11) is -3.23. The second-order valence-electron chi connectivity index (χ2n) is 5.62. The van der Waals surface area contributed by atoms with Gasteiger partial charge in [-0.2, -0.15) is 17.9 Å². The van der Waals surface area contributed by atoms with Crippen LogP contribution < -0.4 is 4.72 Å². The first-order valence-corrected chi connectivity index (χ1v) is 8.97. The third-order valence-electron chi connectivity index (χ3n) is 4.16. The normalized spacial score (nSPS) is 23.5. The van der Waals surface area contributed by atoms with Gasteiger partial charge in [0, 0.05) is 12.8 Å². The molecule has 0 radical (unpaired) electrons. The molecule has 1 aromatic rings. The lowest BCUT2D eigenvalue weighted by Crippen LogP contribution is -2.63. The van der Waals surface area contributed by atoms with Crippen LogP contribution in [0, 0.1) is 0 Å². The van der Waals surface area contributed by atoms with Crippen LogP contribution in [-0.2, 0) is 26.3 Å². The first kappa shape index (κ1) is 18.2. The standard InChI is InChI=1S/C15H20N2O6S/c1-12-7-6-10-17(12,15(19)22-2)24(20,21)16-14(18)23-11-13-8-4-3-5-9-13/h3-5,8-9,12H,6-7,10-11H2,1-2H3/p+1/t12-,17?/m1/s1. The number of nitrogens with one attached hydrogen (secondary N) is 1. The van der Waals surface area contributed by atoms with Gasteiger partial charge in [0.05, 0.1) is 7.11 Å². The third kappa shape index (κ3) is 3.36. The zero-order valence-corrected chi connectivity index (χ0v) is 14.4. The first-order valence-electron chi connectivity index (χ1n) is 7.53. The zero-order valence-electron chi connectivity index (χ0n) is 13.6. The molecular weight excluding hydrogens is 336 g/mol. The Balaban J connectivity index is 2.11. The predicted octanol–water partition coefficient (Wildman–Crippen LogP) is 1.92. The molecule has 2 rings (SSSR count). The van der Waals surface area contributed by atoms with Crippen molar-refractivity contribution in [3.8, 4) is 0 Å². The van der Waals surface area contributed by atoms with Crippen molar-refractivity contribution in [1.82, 2.24) is 4.72 Å². The maximum atomic E-state index is 12.6. The van der Waals surface area contributed by atoms with E-state index in [1.54, 1.807) is 31.2 Å². The van der Waals surface area contributed by atoms with Crippen molar-refractivity contribution < 1.29 is 31.4 Å². The molecule has 9 heteroatoms. The Hall–Kier alpha value is -2.13. The monoisotopic (exact) mass is 357 g/mol. The largest absolute Gasteiger partial charge is 0.533 e. The van der Waals surface area contributed by atoms with Gasteiger partial charge in [0.15, 0.2) is 0 Å². The van der Waals surface area contributed by atoms with Crippen LogP contribution in [0.1, 0.15) is 25.3 Å². The van der Waals surface area contributed by atoms with E-state index in [0.717, 1.165) is 12.7 Å². The van der Waals surface area contributed by atoms with Crippen LogP contribution in [0.15, 0.2) is 30.3 Å². The molecule has 1 N–H and O–H groups in total. The minimum absolute atomic E-state index is 0.0507. The summed E-state index contributed by atoms with van der Waals surface area (Å²) in [6.45, 7) is 1.61. The highest BCUT2D eigenvalue weighted by Crippen LogP contribution is 2.32. The maximum Gasteiger partial charge on any atom is 0.533 e. The molecule has 1 fully saturated rings. The Bertz CT molecular complexity index is 706. The van der Waals surface area contributed by atoms with Crippen molar-refractivity contribution >= 4 is 22.4 Å². The van der Waals surface area contributed by atoms with E-state index in [0.29, 0.717) is 12.8 Å². The molecule has 8 nitrogen and oxygen atoms in total. The highest BCUT2D eigenvalue weighted by Gasteiger charge is 2.58. The van der Waals surface area contributed by atoms with E-state index in [9.17, 15) is 18.0 Å². The van der Waals surface area contributed by atoms with Crippen molar-refractivity contribution in [3.05, 3.63) is 35.9 Å². The SMILES string of the molecule is COC(=O)[N+]1(S(=O)(=O)NC(=O)OCc2ccccc2)CCC[C@H]1C.